The highest BCUT2D eigenvalue weighted by molar-refractivity contribution is 9.10. The number of thiocarbonyl (C=S) groups is 1. The number of nitrogens with one attached hydrogen (secondary N) is 2. The van der Waals surface area contributed by atoms with Crippen molar-refractivity contribution in [2.75, 3.05) is 13.7 Å². The molecule has 2 aromatic rings. The lowest BCUT2D eigenvalue weighted by molar-refractivity contribution is 0.282. The van der Waals surface area contributed by atoms with Gasteiger partial charge in [0.2, 0.25) is 0 Å². The van der Waals surface area contributed by atoms with Gasteiger partial charge in [-0.2, -0.15) is 5.10 Å². The molecule has 2 rings (SSSR count). The fraction of sp³-hybridized carbons (Fsp3) is 0.222. The van der Waals surface area contributed by atoms with Gasteiger partial charge in [0.1, 0.15) is 6.61 Å². The minimum atomic E-state index is 0.317. The smallest absolute Gasteiger partial charge is 0.186 e. The van der Waals surface area contributed by atoms with Gasteiger partial charge in [0.05, 0.1) is 27.8 Å². The molecule has 0 atom stereocenters. The first-order chi connectivity index (χ1) is 12.9. The third-order valence-electron chi connectivity index (χ3n) is 3.34. The van der Waals surface area contributed by atoms with Crippen LogP contribution in [-0.4, -0.2) is 25.0 Å². The molecule has 0 radical (unpaired) electrons. The number of ether oxygens (including phenoxy) is 2. The first-order valence-corrected chi connectivity index (χ1v) is 9.91. The molecule has 0 heterocycles. The van der Waals surface area contributed by atoms with Gasteiger partial charge < -0.3 is 14.8 Å². The summed E-state index contributed by atoms with van der Waals surface area (Å²) in [7, 11) is 1.58. The summed E-state index contributed by atoms with van der Waals surface area (Å²) in [6, 6.07) is 9.04. The van der Waals surface area contributed by atoms with E-state index in [2.05, 4.69) is 31.8 Å². The Bertz CT molecular complexity index is 850. The van der Waals surface area contributed by atoms with Gasteiger partial charge in [0.25, 0.3) is 0 Å². The molecule has 9 heteroatoms. The summed E-state index contributed by atoms with van der Waals surface area (Å²) >= 11 is 20.5. The Hall–Kier alpha value is -1.54. The standard InChI is InChI=1S/C18H18BrCl2N3O2S/c1-3-22-18(27)24-23-9-12-6-13(19)17(16(8-12)25-2)26-10-11-4-5-14(20)15(21)7-11/h4-9H,3,10H2,1-2H3,(H2,22,24,27). The van der Waals surface area contributed by atoms with E-state index >= 15 is 0 Å². The molecule has 0 aliphatic rings. The van der Waals surface area contributed by atoms with Gasteiger partial charge in [-0.15, -0.1) is 0 Å². The van der Waals surface area contributed by atoms with Crippen LogP contribution in [0.5, 0.6) is 11.5 Å². The van der Waals surface area contributed by atoms with Crippen molar-refractivity contribution in [2.45, 2.75) is 13.5 Å². The van der Waals surface area contributed by atoms with E-state index in [1.54, 1.807) is 25.5 Å². The van der Waals surface area contributed by atoms with Crippen LogP contribution in [0.15, 0.2) is 39.9 Å². The highest BCUT2D eigenvalue weighted by Crippen LogP contribution is 2.37. The zero-order valence-corrected chi connectivity index (χ0v) is 18.6. The van der Waals surface area contributed by atoms with Gasteiger partial charge in [0, 0.05) is 6.54 Å². The summed E-state index contributed by atoms with van der Waals surface area (Å²) in [6.45, 7) is 3.00. The molecular formula is C18H18BrCl2N3O2S. The van der Waals surface area contributed by atoms with Gasteiger partial charge in [-0.1, -0.05) is 29.3 Å². The molecule has 0 aliphatic heterocycles. The Labute approximate surface area is 182 Å². The number of nitrogens with zero attached hydrogens (tertiary/aromatic N) is 1. The van der Waals surface area contributed by atoms with Crippen LogP contribution >= 0.6 is 51.3 Å². The van der Waals surface area contributed by atoms with Crippen LogP contribution in [0.25, 0.3) is 0 Å². The van der Waals surface area contributed by atoms with E-state index in [1.165, 1.54) is 0 Å². The summed E-state index contributed by atoms with van der Waals surface area (Å²) in [5, 5.41) is 8.49. The lowest BCUT2D eigenvalue weighted by atomic mass is 10.2. The molecule has 5 nitrogen and oxygen atoms in total. The Kier molecular flexibility index (Phi) is 8.63. The quantitative estimate of drug-likeness (QED) is 0.319. The first kappa shape index (κ1) is 21.8. The molecule has 0 bridgehead atoms. The maximum absolute atomic E-state index is 6.04. The molecule has 2 N–H and O–H groups in total. The highest BCUT2D eigenvalue weighted by Gasteiger charge is 2.12. The Morgan fingerprint density at radius 2 is 2.04 bits per heavy atom. The zero-order valence-electron chi connectivity index (χ0n) is 14.7. The topological polar surface area (TPSA) is 54.9 Å². The van der Waals surface area contributed by atoms with Crippen molar-refractivity contribution < 1.29 is 9.47 Å². The van der Waals surface area contributed by atoms with Crippen molar-refractivity contribution in [1.29, 1.82) is 0 Å². The third kappa shape index (κ3) is 6.53. The Morgan fingerprint density at radius 3 is 2.70 bits per heavy atom. The monoisotopic (exact) mass is 489 g/mol. The fourth-order valence-electron chi connectivity index (χ4n) is 2.10. The van der Waals surface area contributed by atoms with Gasteiger partial charge in [-0.25, -0.2) is 0 Å². The lowest BCUT2D eigenvalue weighted by Gasteiger charge is -2.14. The predicted molar refractivity (Wildman–Crippen MR) is 118 cm³/mol. The second-order valence-electron chi connectivity index (χ2n) is 5.30. The van der Waals surface area contributed by atoms with Crippen LogP contribution in [-0.2, 0) is 6.61 Å². The maximum atomic E-state index is 6.04. The molecule has 0 saturated heterocycles. The highest BCUT2D eigenvalue weighted by atomic mass is 79.9. The van der Waals surface area contributed by atoms with Crippen LogP contribution in [0.4, 0.5) is 0 Å². The number of hydrazone groups is 1. The fourth-order valence-corrected chi connectivity index (χ4v) is 3.20. The number of rotatable bonds is 7. The third-order valence-corrected chi connectivity index (χ3v) is 4.90. The molecule has 2 aromatic carbocycles. The van der Waals surface area contributed by atoms with Crippen LogP contribution < -0.4 is 20.2 Å². The molecular weight excluding hydrogens is 473 g/mol. The average molecular weight is 491 g/mol. The first-order valence-electron chi connectivity index (χ1n) is 7.95. The molecule has 27 heavy (non-hydrogen) atoms. The minimum absolute atomic E-state index is 0.317. The SMILES string of the molecule is CCNC(=S)NN=Cc1cc(Br)c(OCc2ccc(Cl)c(Cl)c2)c(OC)c1. The average Bonchev–Trinajstić information content (AvgIpc) is 2.63. The van der Waals surface area contributed by atoms with Crippen molar-refractivity contribution in [3.63, 3.8) is 0 Å². The number of hydrogen-bond donors (Lipinski definition) is 2. The molecule has 0 unspecified atom stereocenters. The van der Waals surface area contributed by atoms with Crippen molar-refractivity contribution in [3.05, 3.63) is 56.0 Å². The summed E-state index contributed by atoms with van der Waals surface area (Å²) in [5.41, 5.74) is 4.45. The Balaban J connectivity index is 2.11. The lowest BCUT2D eigenvalue weighted by Crippen LogP contribution is -2.31. The van der Waals surface area contributed by atoms with Crippen LogP contribution in [0, 0.1) is 0 Å². The van der Waals surface area contributed by atoms with Crippen molar-refractivity contribution >= 4 is 62.7 Å². The van der Waals surface area contributed by atoms with Crippen molar-refractivity contribution in [2.24, 2.45) is 5.10 Å². The molecule has 0 aliphatic carbocycles. The largest absolute Gasteiger partial charge is 0.493 e. The van der Waals surface area contributed by atoms with E-state index in [1.807, 2.05) is 25.1 Å². The second-order valence-corrected chi connectivity index (χ2v) is 7.38. The van der Waals surface area contributed by atoms with Gasteiger partial charge in [-0.3, -0.25) is 5.43 Å². The molecule has 0 saturated carbocycles. The van der Waals surface area contributed by atoms with Crippen molar-refractivity contribution in [3.8, 4) is 11.5 Å². The molecule has 144 valence electrons. The zero-order chi connectivity index (χ0) is 19.8. The maximum Gasteiger partial charge on any atom is 0.186 e. The Morgan fingerprint density at radius 1 is 1.26 bits per heavy atom. The molecule has 0 fully saturated rings. The summed E-state index contributed by atoms with van der Waals surface area (Å²) in [6.07, 6.45) is 1.64. The van der Waals surface area contributed by atoms with E-state index < -0.39 is 0 Å². The number of halogens is 3. The van der Waals surface area contributed by atoms with Crippen LogP contribution in [0.2, 0.25) is 10.0 Å². The van der Waals surface area contributed by atoms with Gasteiger partial charge in [0.15, 0.2) is 16.6 Å². The molecule has 0 amide bonds. The van der Waals surface area contributed by atoms with Crippen molar-refractivity contribution in [1.82, 2.24) is 10.7 Å². The van der Waals surface area contributed by atoms with Gasteiger partial charge in [-0.05, 0) is 70.5 Å². The van der Waals surface area contributed by atoms with E-state index in [9.17, 15) is 0 Å². The van der Waals surface area contributed by atoms with Crippen LogP contribution in [0.3, 0.4) is 0 Å². The number of methoxy groups -OCH3 is 1. The summed E-state index contributed by atoms with van der Waals surface area (Å²) < 4.78 is 12.1. The molecule has 0 aromatic heterocycles. The summed E-state index contributed by atoms with van der Waals surface area (Å²) in [4.78, 5) is 0. The van der Waals surface area contributed by atoms with E-state index in [0.29, 0.717) is 33.3 Å². The van der Waals surface area contributed by atoms with Crippen LogP contribution in [0.1, 0.15) is 18.1 Å². The summed E-state index contributed by atoms with van der Waals surface area (Å²) in [5.74, 6) is 1.15. The number of hydrogen-bond acceptors (Lipinski definition) is 4. The second kappa shape index (κ2) is 10.7. The normalized spacial score (nSPS) is 10.7. The predicted octanol–water partition coefficient (Wildman–Crippen LogP) is 5.16. The van der Waals surface area contributed by atoms with E-state index in [-0.39, 0.29) is 0 Å². The van der Waals surface area contributed by atoms with E-state index in [0.717, 1.165) is 22.1 Å². The van der Waals surface area contributed by atoms with E-state index in [4.69, 9.17) is 44.9 Å². The number of benzene rings is 2. The van der Waals surface area contributed by atoms with Gasteiger partial charge >= 0.3 is 0 Å². The minimum Gasteiger partial charge on any atom is -0.493 e. The molecule has 0 spiro atoms.